The summed E-state index contributed by atoms with van der Waals surface area (Å²) in [5, 5.41) is 6.16. The van der Waals surface area contributed by atoms with Crippen molar-refractivity contribution in [2.24, 2.45) is 0 Å². The Morgan fingerprint density at radius 3 is 3.05 bits per heavy atom. The minimum absolute atomic E-state index is 0.0335. The standard InChI is InChI=1S/C14H18N2O3/c17-14(16-8-13-9-18-3-4-19-13)10-1-2-11-6-15-7-12(11)5-10/h1-2,5,13,15H,3-4,6-9H2,(H,16,17). The summed E-state index contributed by atoms with van der Waals surface area (Å²) in [6.07, 6.45) is -0.0335. The van der Waals surface area contributed by atoms with Crippen molar-refractivity contribution in [3.05, 3.63) is 34.9 Å². The number of carbonyl (C=O) groups is 1. The van der Waals surface area contributed by atoms with Gasteiger partial charge in [0.05, 0.1) is 25.9 Å². The molecule has 102 valence electrons. The highest BCUT2D eigenvalue weighted by atomic mass is 16.6. The van der Waals surface area contributed by atoms with E-state index in [1.54, 1.807) is 0 Å². The van der Waals surface area contributed by atoms with E-state index in [0.29, 0.717) is 31.9 Å². The smallest absolute Gasteiger partial charge is 0.251 e. The number of hydrogen-bond donors (Lipinski definition) is 2. The lowest BCUT2D eigenvalue weighted by molar-refractivity contribution is -0.0855. The Labute approximate surface area is 112 Å². The van der Waals surface area contributed by atoms with Gasteiger partial charge >= 0.3 is 0 Å². The second-order valence-corrected chi connectivity index (χ2v) is 4.86. The van der Waals surface area contributed by atoms with Crippen LogP contribution in [0.1, 0.15) is 21.5 Å². The molecule has 0 saturated carbocycles. The van der Waals surface area contributed by atoms with Gasteiger partial charge in [-0.25, -0.2) is 0 Å². The van der Waals surface area contributed by atoms with Crippen LogP contribution in [0.4, 0.5) is 0 Å². The maximum absolute atomic E-state index is 12.1. The molecule has 5 heteroatoms. The molecule has 5 nitrogen and oxygen atoms in total. The molecule has 1 atom stereocenters. The van der Waals surface area contributed by atoms with Crippen molar-refractivity contribution in [3.63, 3.8) is 0 Å². The molecular formula is C14H18N2O3. The summed E-state index contributed by atoms with van der Waals surface area (Å²) in [6.45, 7) is 4.02. The van der Waals surface area contributed by atoms with Gasteiger partial charge in [-0.3, -0.25) is 4.79 Å². The van der Waals surface area contributed by atoms with Crippen LogP contribution in [0.5, 0.6) is 0 Å². The van der Waals surface area contributed by atoms with E-state index in [9.17, 15) is 4.79 Å². The number of hydrogen-bond acceptors (Lipinski definition) is 4. The number of nitrogens with one attached hydrogen (secondary N) is 2. The molecule has 0 radical (unpaired) electrons. The van der Waals surface area contributed by atoms with Gasteiger partial charge in [-0.1, -0.05) is 6.07 Å². The average molecular weight is 262 g/mol. The molecule has 1 fully saturated rings. The van der Waals surface area contributed by atoms with Crippen LogP contribution in [0.25, 0.3) is 0 Å². The molecule has 0 bridgehead atoms. The fraction of sp³-hybridized carbons (Fsp3) is 0.500. The van der Waals surface area contributed by atoms with E-state index in [0.717, 1.165) is 13.1 Å². The van der Waals surface area contributed by atoms with Crippen LogP contribution >= 0.6 is 0 Å². The first kappa shape index (κ1) is 12.6. The van der Waals surface area contributed by atoms with Gasteiger partial charge in [0.2, 0.25) is 0 Å². The number of amides is 1. The number of fused-ring (bicyclic) bond motifs is 1. The maximum atomic E-state index is 12.1. The zero-order valence-corrected chi connectivity index (χ0v) is 10.8. The van der Waals surface area contributed by atoms with Crippen LogP contribution in [0.2, 0.25) is 0 Å². The van der Waals surface area contributed by atoms with E-state index in [4.69, 9.17) is 9.47 Å². The molecule has 1 saturated heterocycles. The second kappa shape index (κ2) is 5.69. The monoisotopic (exact) mass is 262 g/mol. The molecule has 0 spiro atoms. The summed E-state index contributed by atoms with van der Waals surface area (Å²) in [6, 6.07) is 5.85. The van der Waals surface area contributed by atoms with Crippen LogP contribution in [-0.2, 0) is 22.6 Å². The highest BCUT2D eigenvalue weighted by molar-refractivity contribution is 5.94. The first-order valence-corrected chi connectivity index (χ1v) is 6.63. The molecule has 2 aliphatic rings. The molecule has 0 aliphatic carbocycles. The van der Waals surface area contributed by atoms with Gasteiger partial charge in [0.25, 0.3) is 5.91 Å². The predicted molar refractivity (Wildman–Crippen MR) is 69.9 cm³/mol. The van der Waals surface area contributed by atoms with Crippen LogP contribution in [0.3, 0.4) is 0 Å². The number of benzene rings is 1. The van der Waals surface area contributed by atoms with Crippen molar-refractivity contribution in [2.75, 3.05) is 26.4 Å². The van der Waals surface area contributed by atoms with Crippen molar-refractivity contribution >= 4 is 5.91 Å². The van der Waals surface area contributed by atoms with Gasteiger partial charge in [-0.05, 0) is 23.3 Å². The van der Waals surface area contributed by atoms with E-state index in [-0.39, 0.29) is 12.0 Å². The first-order chi connectivity index (χ1) is 9.33. The normalized spacial score (nSPS) is 22.0. The average Bonchev–Trinajstić information content (AvgIpc) is 2.93. The van der Waals surface area contributed by atoms with Crippen molar-refractivity contribution < 1.29 is 14.3 Å². The second-order valence-electron chi connectivity index (χ2n) is 4.86. The van der Waals surface area contributed by atoms with Crippen LogP contribution in [0.15, 0.2) is 18.2 Å². The Kier molecular flexibility index (Phi) is 3.77. The predicted octanol–water partition coefficient (Wildman–Crippen LogP) is 0.435. The van der Waals surface area contributed by atoms with Crippen molar-refractivity contribution in [1.82, 2.24) is 10.6 Å². The quantitative estimate of drug-likeness (QED) is 0.829. The summed E-state index contributed by atoms with van der Waals surface area (Å²) in [4.78, 5) is 12.1. The molecule has 19 heavy (non-hydrogen) atoms. The van der Waals surface area contributed by atoms with Gasteiger partial charge in [0, 0.05) is 25.2 Å². The summed E-state index contributed by atoms with van der Waals surface area (Å²) >= 11 is 0. The van der Waals surface area contributed by atoms with E-state index in [1.807, 2.05) is 18.2 Å². The SMILES string of the molecule is O=C(NCC1COCCO1)c1ccc2c(c1)CNC2. The van der Waals surface area contributed by atoms with Gasteiger partial charge in [-0.2, -0.15) is 0 Å². The maximum Gasteiger partial charge on any atom is 0.251 e. The summed E-state index contributed by atoms with van der Waals surface area (Å²) in [5.41, 5.74) is 3.20. The number of ether oxygens (including phenoxy) is 2. The van der Waals surface area contributed by atoms with Crippen LogP contribution < -0.4 is 10.6 Å². The zero-order valence-electron chi connectivity index (χ0n) is 10.8. The number of carbonyl (C=O) groups excluding carboxylic acids is 1. The Morgan fingerprint density at radius 1 is 1.32 bits per heavy atom. The zero-order chi connectivity index (χ0) is 13.1. The molecule has 2 N–H and O–H groups in total. The highest BCUT2D eigenvalue weighted by Gasteiger charge is 2.17. The third-order valence-corrected chi connectivity index (χ3v) is 3.47. The molecular weight excluding hydrogens is 244 g/mol. The topological polar surface area (TPSA) is 59.6 Å². The van der Waals surface area contributed by atoms with E-state index >= 15 is 0 Å². The Morgan fingerprint density at radius 2 is 2.21 bits per heavy atom. The lowest BCUT2D eigenvalue weighted by Crippen LogP contribution is -2.39. The molecule has 1 aromatic carbocycles. The Hall–Kier alpha value is -1.43. The van der Waals surface area contributed by atoms with Crippen molar-refractivity contribution in [1.29, 1.82) is 0 Å². The Balaban J connectivity index is 1.57. The molecule has 1 amide bonds. The third kappa shape index (κ3) is 2.94. The van der Waals surface area contributed by atoms with Gasteiger partial charge in [0.1, 0.15) is 0 Å². The van der Waals surface area contributed by atoms with E-state index in [1.165, 1.54) is 11.1 Å². The lowest BCUT2D eigenvalue weighted by Gasteiger charge is -2.23. The van der Waals surface area contributed by atoms with Gasteiger partial charge in [-0.15, -0.1) is 0 Å². The molecule has 2 heterocycles. The van der Waals surface area contributed by atoms with Gasteiger partial charge < -0.3 is 20.1 Å². The molecule has 0 aromatic heterocycles. The summed E-state index contributed by atoms with van der Waals surface area (Å²) < 4.78 is 10.8. The van der Waals surface area contributed by atoms with Crippen LogP contribution in [0, 0.1) is 0 Å². The largest absolute Gasteiger partial charge is 0.376 e. The fourth-order valence-electron chi connectivity index (χ4n) is 2.40. The van der Waals surface area contributed by atoms with E-state index < -0.39 is 0 Å². The Bertz CT molecular complexity index is 470. The number of rotatable bonds is 3. The molecule has 3 rings (SSSR count). The molecule has 1 unspecified atom stereocenters. The van der Waals surface area contributed by atoms with Crippen molar-refractivity contribution in [3.8, 4) is 0 Å². The molecule has 2 aliphatic heterocycles. The minimum atomic E-state index is -0.0520. The summed E-state index contributed by atoms with van der Waals surface area (Å²) in [5.74, 6) is -0.0520. The fourth-order valence-corrected chi connectivity index (χ4v) is 2.40. The highest BCUT2D eigenvalue weighted by Crippen LogP contribution is 2.17. The summed E-state index contributed by atoms with van der Waals surface area (Å²) in [7, 11) is 0. The lowest BCUT2D eigenvalue weighted by atomic mass is 10.1. The first-order valence-electron chi connectivity index (χ1n) is 6.63. The van der Waals surface area contributed by atoms with Crippen molar-refractivity contribution in [2.45, 2.75) is 19.2 Å². The van der Waals surface area contributed by atoms with Gasteiger partial charge in [0.15, 0.2) is 0 Å². The molecule has 1 aromatic rings. The minimum Gasteiger partial charge on any atom is -0.376 e. The van der Waals surface area contributed by atoms with Crippen LogP contribution in [-0.4, -0.2) is 38.4 Å². The van der Waals surface area contributed by atoms with E-state index in [2.05, 4.69) is 10.6 Å². The third-order valence-electron chi connectivity index (χ3n) is 3.47.